The first-order valence-electron chi connectivity index (χ1n) is 9.34. The Morgan fingerprint density at radius 1 is 1.08 bits per heavy atom. The van der Waals surface area contributed by atoms with E-state index in [9.17, 15) is 14.7 Å². The predicted molar refractivity (Wildman–Crippen MR) is 86.7 cm³/mol. The van der Waals surface area contributed by atoms with E-state index in [2.05, 4.69) is 0 Å². The standard InChI is InChI=1S/C18H27NO6/c20-15(10-19-1-3-23-4-2-19)24-11-16(21)25-18-8-13-5-14(9-18)7-17(22,6-13)12-18/h13-14,22H,1-12H2. The molecule has 0 radical (unpaired) electrons. The molecule has 1 heterocycles. The maximum Gasteiger partial charge on any atom is 0.344 e. The van der Waals surface area contributed by atoms with Crippen LogP contribution in [0, 0.1) is 11.8 Å². The zero-order valence-electron chi connectivity index (χ0n) is 14.6. The summed E-state index contributed by atoms with van der Waals surface area (Å²) in [6.45, 7) is 2.45. The number of morpholine rings is 1. The predicted octanol–water partition coefficient (Wildman–Crippen LogP) is 0.489. The molecule has 4 bridgehead atoms. The first-order valence-corrected chi connectivity index (χ1v) is 9.34. The molecule has 1 N–H and O–H groups in total. The molecule has 5 aliphatic rings. The molecule has 4 aliphatic carbocycles. The Hall–Kier alpha value is -1.18. The fourth-order valence-corrected chi connectivity index (χ4v) is 5.65. The van der Waals surface area contributed by atoms with Gasteiger partial charge in [0.2, 0.25) is 0 Å². The van der Waals surface area contributed by atoms with E-state index in [0.29, 0.717) is 44.6 Å². The zero-order valence-corrected chi connectivity index (χ0v) is 14.6. The van der Waals surface area contributed by atoms with Crippen molar-refractivity contribution < 1.29 is 28.9 Å². The summed E-state index contributed by atoms with van der Waals surface area (Å²) in [4.78, 5) is 26.0. The quantitative estimate of drug-likeness (QED) is 0.720. The molecule has 4 saturated carbocycles. The minimum atomic E-state index is -0.669. The Labute approximate surface area is 147 Å². The van der Waals surface area contributed by atoms with Crippen LogP contribution < -0.4 is 0 Å². The number of nitrogens with zero attached hydrogens (tertiary/aromatic N) is 1. The molecule has 1 aliphatic heterocycles. The van der Waals surface area contributed by atoms with Crippen molar-refractivity contribution in [2.75, 3.05) is 39.5 Å². The van der Waals surface area contributed by atoms with Crippen LogP contribution in [0.25, 0.3) is 0 Å². The average molecular weight is 353 g/mol. The number of carbonyl (C=O) groups excluding carboxylic acids is 2. The lowest BCUT2D eigenvalue weighted by atomic mass is 9.52. The van der Waals surface area contributed by atoms with Crippen LogP contribution in [0.2, 0.25) is 0 Å². The Balaban J connectivity index is 1.25. The van der Waals surface area contributed by atoms with Crippen LogP contribution in [0.4, 0.5) is 0 Å². The van der Waals surface area contributed by atoms with Gasteiger partial charge in [-0.3, -0.25) is 9.69 Å². The largest absolute Gasteiger partial charge is 0.456 e. The van der Waals surface area contributed by atoms with E-state index in [1.54, 1.807) is 0 Å². The summed E-state index contributed by atoms with van der Waals surface area (Å²) in [6.07, 6.45) is 4.99. The summed E-state index contributed by atoms with van der Waals surface area (Å²) in [6, 6.07) is 0. The van der Waals surface area contributed by atoms with Crippen LogP contribution in [0.15, 0.2) is 0 Å². The summed E-state index contributed by atoms with van der Waals surface area (Å²) in [7, 11) is 0. The highest BCUT2D eigenvalue weighted by Crippen LogP contribution is 2.58. The van der Waals surface area contributed by atoms with Crippen LogP contribution in [-0.4, -0.2) is 72.6 Å². The van der Waals surface area contributed by atoms with Crippen LogP contribution in [0.3, 0.4) is 0 Å². The molecule has 0 spiro atoms. The summed E-state index contributed by atoms with van der Waals surface area (Å²) in [5, 5.41) is 10.7. The van der Waals surface area contributed by atoms with E-state index in [0.717, 1.165) is 32.1 Å². The number of rotatable bonds is 5. The minimum Gasteiger partial charge on any atom is -0.456 e. The molecule has 7 heteroatoms. The Morgan fingerprint density at radius 2 is 1.76 bits per heavy atom. The van der Waals surface area contributed by atoms with Gasteiger partial charge in [0, 0.05) is 19.5 Å². The van der Waals surface area contributed by atoms with E-state index < -0.39 is 23.1 Å². The summed E-state index contributed by atoms with van der Waals surface area (Å²) >= 11 is 0. The molecular weight excluding hydrogens is 326 g/mol. The molecular formula is C18H27NO6. The van der Waals surface area contributed by atoms with Gasteiger partial charge in [-0.2, -0.15) is 0 Å². The van der Waals surface area contributed by atoms with Crippen LogP contribution in [-0.2, 0) is 23.8 Å². The van der Waals surface area contributed by atoms with E-state index >= 15 is 0 Å². The molecule has 0 aromatic rings. The SMILES string of the molecule is O=C(CN1CCOCC1)OCC(=O)OC12CC3CC(CC(O)(C3)C1)C2. The smallest absolute Gasteiger partial charge is 0.344 e. The summed E-state index contributed by atoms with van der Waals surface area (Å²) < 4.78 is 16.1. The monoisotopic (exact) mass is 353 g/mol. The summed E-state index contributed by atoms with van der Waals surface area (Å²) in [5.41, 5.74) is -1.22. The van der Waals surface area contributed by atoms with Gasteiger partial charge < -0.3 is 19.3 Å². The second kappa shape index (κ2) is 6.52. The molecule has 25 heavy (non-hydrogen) atoms. The number of carbonyl (C=O) groups is 2. The highest BCUT2D eigenvalue weighted by Gasteiger charge is 2.59. The van der Waals surface area contributed by atoms with Crippen molar-refractivity contribution in [3.63, 3.8) is 0 Å². The highest BCUT2D eigenvalue weighted by atomic mass is 16.6. The molecule has 5 rings (SSSR count). The van der Waals surface area contributed by atoms with Gasteiger partial charge in [0.25, 0.3) is 0 Å². The Bertz CT molecular complexity index is 530. The van der Waals surface area contributed by atoms with Crippen molar-refractivity contribution in [1.29, 1.82) is 0 Å². The number of ether oxygens (including phenoxy) is 3. The molecule has 5 fully saturated rings. The Kier molecular flexibility index (Phi) is 4.50. The molecule has 0 aromatic heterocycles. The van der Waals surface area contributed by atoms with Crippen molar-refractivity contribution in [1.82, 2.24) is 4.90 Å². The van der Waals surface area contributed by atoms with Crippen molar-refractivity contribution in [2.24, 2.45) is 11.8 Å². The molecule has 7 nitrogen and oxygen atoms in total. The molecule has 140 valence electrons. The van der Waals surface area contributed by atoms with Gasteiger partial charge in [0.1, 0.15) is 5.60 Å². The van der Waals surface area contributed by atoms with E-state index in [1.807, 2.05) is 4.90 Å². The van der Waals surface area contributed by atoms with Gasteiger partial charge in [-0.05, 0) is 43.9 Å². The molecule has 0 aromatic carbocycles. The normalized spacial score (nSPS) is 40.0. The van der Waals surface area contributed by atoms with Gasteiger partial charge in [0.15, 0.2) is 6.61 Å². The van der Waals surface area contributed by atoms with Crippen molar-refractivity contribution in [2.45, 2.75) is 49.7 Å². The van der Waals surface area contributed by atoms with Crippen LogP contribution >= 0.6 is 0 Å². The average Bonchev–Trinajstić information content (AvgIpc) is 2.51. The minimum absolute atomic E-state index is 0.172. The second-order valence-electron chi connectivity index (χ2n) is 8.39. The third-order valence-electron chi connectivity index (χ3n) is 6.11. The molecule has 1 saturated heterocycles. The first kappa shape index (κ1) is 17.2. The van der Waals surface area contributed by atoms with Gasteiger partial charge in [-0.15, -0.1) is 0 Å². The number of hydrogen-bond acceptors (Lipinski definition) is 7. The first-order chi connectivity index (χ1) is 11.9. The number of hydrogen-bond donors (Lipinski definition) is 1. The molecule has 2 atom stereocenters. The number of aliphatic hydroxyl groups is 1. The second-order valence-corrected chi connectivity index (χ2v) is 8.39. The lowest BCUT2D eigenvalue weighted by Crippen LogP contribution is -2.60. The number of esters is 2. The third-order valence-corrected chi connectivity index (χ3v) is 6.11. The summed E-state index contributed by atoms with van der Waals surface area (Å²) in [5.74, 6) is -0.0188. The fourth-order valence-electron chi connectivity index (χ4n) is 5.65. The lowest BCUT2D eigenvalue weighted by Gasteiger charge is -2.59. The topological polar surface area (TPSA) is 85.3 Å². The van der Waals surface area contributed by atoms with Gasteiger partial charge in [-0.1, -0.05) is 0 Å². The maximum atomic E-state index is 12.2. The zero-order chi connectivity index (χ0) is 17.5. The van der Waals surface area contributed by atoms with E-state index in [1.165, 1.54) is 0 Å². The van der Waals surface area contributed by atoms with Gasteiger partial charge >= 0.3 is 11.9 Å². The van der Waals surface area contributed by atoms with Crippen molar-refractivity contribution in [3.05, 3.63) is 0 Å². The third kappa shape index (κ3) is 3.83. The van der Waals surface area contributed by atoms with Gasteiger partial charge in [-0.25, -0.2) is 4.79 Å². The van der Waals surface area contributed by atoms with E-state index in [4.69, 9.17) is 14.2 Å². The Morgan fingerprint density at radius 3 is 2.40 bits per heavy atom. The maximum absolute atomic E-state index is 12.2. The van der Waals surface area contributed by atoms with Crippen LogP contribution in [0.1, 0.15) is 38.5 Å². The van der Waals surface area contributed by atoms with Crippen molar-refractivity contribution >= 4 is 11.9 Å². The van der Waals surface area contributed by atoms with E-state index in [-0.39, 0.29) is 13.2 Å². The van der Waals surface area contributed by atoms with Crippen LogP contribution in [0.5, 0.6) is 0 Å². The lowest BCUT2D eigenvalue weighted by molar-refractivity contribution is -0.222. The molecule has 0 amide bonds. The molecule has 2 unspecified atom stereocenters. The fraction of sp³-hybridized carbons (Fsp3) is 0.889. The van der Waals surface area contributed by atoms with Gasteiger partial charge in [0.05, 0.1) is 25.4 Å². The van der Waals surface area contributed by atoms with Crippen molar-refractivity contribution in [3.8, 4) is 0 Å². The highest BCUT2D eigenvalue weighted by molar-refractivity contribution is 5.77.